The molecule has 6 heteroatoms. The van der Waals surface area contributed by atoms with E-state index in [0.717, 1.165) is 0 Å². The van der Waals surface area contributed by atoms with Gasteiger partial charge in [0.15, 0.2) is 6.61 Å². The molecular weight excluding hydrogens is 255 g/mol. The first-order valence-corrected chi connectivity index (χ1v) is 5.11. The minimum Gasteiger partial charge on any atom is -0.472 e. The summed E-state index contributed by atoms with van der Waals surface area (Å²) in [7, 11) is 0. The summed E-state index contributed by atoms with van der Waals surface area (Å²) < 4.78 is 42.0. The molecule has 0 atom stereocenters. The van der Waals surface area contributed by atoms with Crippen LogP contribution in [0.5, 0.6) is 5.88 Å². The maximum atomic E-state index is 13.5. The number of rotatable bonds is 3. The molecule has 0 aliphatic carbocycles. The SMILES string of the molecule is Fc1nc(OCC(F)F)cc2c(Cl)cccc12. The van der Waals surface area contributed by atoms with E-state index in [9.17, 15) is 13.2 Å². The van der Waals surface area contributed by atoms with E-state index in [0.29, 0.717) is 10.4 Å². The van der Waals surface area contributed by atoms with Crippen molar-refractivity contribution in [1.29, 1.82) is 0 Å². The monoisotopic (exact) mass is 261 g/mol. The molecule has 0 amide bonds. The summed E-state index contributed by atoms with van der Waals surface area (Å²) in [5.74, 6) is -1.00. The van der Waals surface area contributed by atoms with Gasteiger partial charge in [0.25, 0.3) is 6.43 Å². The number of alkyl halides is 2. The number of benzene rings is 1. The molecule has 0 saturated heterocycles. The highest BCUT2D eigenvalue weighted by molar-refractivity contribution is 6.35. The van der Waals surface area contributed by atoms with Crippen LogP contribution >= 0.6 is 11.6 Å². The van der Waals surface area contributed by atoms with Crippen molar-refractivity contribution in [2.45, 2.75) is 6.43 Å². The lowest BCUT2D eigenvalue weighted by atomic mass is 10.2. The summed E-state index contributed by atoms with van der Waals surface area (Å²) in [5, 5.41) is 0.915. The first-order valence-electron chi connectivity index (χ1n) is 4.73. The molecule has 0 spiro atoms. The third-order valence-electron chi connectivity index (χ3n) is 2.11. The minimum absolute atomic E-state index is 0.205. The lowest BCUT2D eigenvalue weighted by Crippen LogP contribution is -2.08. The molecule has 1 heterocycles. The van der Waals surface area contributed by atoms with Gasteiger partial charge in [-0.05, 0) is 12.1 Å². The van der Waals surface area contributed by atoms with Gasteiger partial charge >= 0.3 is 0 Å². The van der Waals surface area contributed by atoms with Gasteiger partial charge in [-0.1, -0.05) is 17.7 Å². The molecule has 2 rings (SSSR count). The molecule has 1 aromatic heterocycles. The zero-order valence-electron chi connectivity index (χ0n) is 8.46. The Balaban J connectivity index is 2.43. The summed E-state index contributed by atoms with van der Waals surface area (Å²) in [6, 6.07) is 5.99. The first kappa shape index (κ1) is 12.0. The van der Waals surface area contributed by atoms with E-state index < -0.39 is 19.0 Å². The number of ether oxygens (including phenoxy) is 1. The zero-order chi connectivity index (χ0) is 12.4. The van der Waals surface area contributed by atoms with Crippen LogP contribution < -0.4 is 4.74 Å². The third-order valence-corrected chi connectivity index (χ3v) is 2.44. The van der Waals surface area contributed by atoms with E-state index in [-0.39, 0.29) is 11.3 Å². The first-order chi connectivity index (χ1) is 8.08. The van der Waals surface area contributed by atoms with Gasteiger partial charge in [-0.2, -0.15) is 9.37 Å². The van der Waals surface area contributed by atoms with E-state index in [2.05, 4.69) is 9.72 Å². The number of hydrogen-bond acceptors (Lipinski definition) is 2. The Hall–Kier alpha value is -1.49. The summed E-state index contributed by atoms with van der Waals surface area (Å²) in [6.07, 6.45) is -2.64. The highest BCUT2D eigenvalue weighted by atomic mass is 35.5. The average Bonchev–Trinajstić information content (AvgIpc) is 2.28. The molecule has 0 radical (unpaired) electrons. The summed E-state index contributed by atoms with van der Waals surface area (Å²) in [4.78, 5) is 3.43. The molecule has 0 bridgehead atoms. The van der Waals surface area contributed by atoms with E-state index in [1.165, 1.54) is 12.1 Å². The van der Waals surface area contributed by atoms with Gasteiger partial charge in [-0.15, -0.1) is 0 Å². The smallest absolute Gasteiger partial charge is 0.272 e. The van der Waals surface area contributed by atoms with Crippen molar-refractivity contribution >= 4 is 22.4 Å². The van der Waals surface area contributed by atoms with Crippen LogP contribution in [0.2, 0.25) is 5.02 Å². The van der Waals surface area contributed by atoms with Crippen molar-refractivity contribution in [2.75, 3.05) is 6.61 Å². The Labute approximate surface area is 100.0 Å². The predicted molar refractivity (Wildman–Crippen MR) is 58.2 cm³/mol. The van der Waals surface area contributed by atoms with Crippen LogP contribution in [-0.4, -0.2) is 18.0 Å². The quantitative estimate of drug-likeness (QED) is 0.787. The Bertz CT molecular complexity index is 547. The maximum Gasteiger partial charge on any atom is 0.272 e. The fourth-order valence-electron chi connectivity index (χ4n) is 1.40. The van der Waals surface area contributed by atoms with E-state index in [4.69, 9.17) is 11.6 Å². The molecule has 1 aromatic carbocycles. The normalized spacial score (nSPS) is 11.1. The minimum atomic E-state index is -2.64. The van der Waals surface area contributed by atoms with Crippen LogP contribution in [0.3, 0.4) is 0 Å². The van der Waals surface area contributed by atoms with Gasteiger partial charge in [0.2, 0.25) is 11.8 Å². The van der Waals surface area contributed by atoms with Gasteiger partial charge in [-0.25, -0.2) is 8.78 Å². The number of hydrogen-bond donors (Lipinski definition) is 0. The Kier molecular flexibility index (Phi) is 3.38. The second-order valence-electron chi connectivity index (χ2n) is 3.29. The fraction of sp³-hybridized carbons (Fsp3) is 0.182. The molecule has 0 aliphatic heterocycles. The Morgan fingerprint density at radius 3 is 2.76 bits per heavy atom. The van der Waals surface area contributed by atoms with E-state index in [1.54, 1.807) is 12.1 Å². The molecule has 0 aliphatic rings. The topological polar surface area (TPSA) is 22.1 Å². The zero-order valence-corrected chi connectivity index (χ0v) is 9.22. The van der Waals surface area contributed by atoms with Crippen molar-refractivity contribution in [3.05, 3.63) is 35.2 Å². The number of nitrogens with zero attached hydrogens (tertiary/aromatic N) is 1. The van der Waals surface area contributed by atoms with Crippen molar-refractivity contribution in [2.24, 2.45) is 0 Å². The van der Waals surface area contributed by atoms with Crippen LogP contribution in [0.4, 0.5) is 13.2 Å². The summed E-state index contributed by atoms with van der Waals surface area (Å²) in [6.45, 7) is -0.831. The van der Waals surface area contributed by atoms with E-state index >= 15 is 0 Å². The van der Waals surface area contributed by atoms with Gasteiger partial charge < -0.3 is 4.74 Å². The van der Waals surface area contributed by atoms with Crippen molar-refractivity contribution in [1.82, 2.24) is 4.98 Å². The van der Waals surface area contributed by atoms with Gasteiger partial charge in [0, 0.05) is 21.9 Å². The van der Waals surface area contributed by atoms with Crippen molar-refractivity contribution in [3.63, 3.8) is 0 Å². The van der Waals surface area contributed by atoms with Crippen molar-refractivity contribution in [3.8, 4) is 5.88 Å². The number of fused-ring (bicyclic) bond motifs is 1. The molecule has 0 unspecified atom stereocenters. The van der Waals surface area contributed by atoms with Crippen LogP contribution in [0.1, 0.15) is 0 Å². The number of halogens is 4. The van der Waals surface area contributed by atoms with Crippen molar-refractivity contribution < 1.29 is 17.9 Å². The molecule has 0 N–H and O–H groups in total. The third kappa shape index (κ3) is 2.61. The highest BCUT2D eigenvalue weighted by Gasteiger charge is 2.10. The average molecular weight is 262 g/mol. The van der Waals surface area contributed by atoms with Gasteiger partial charge in [0.1, 0.15) is 0 Å². The molecule has 0 saturated carbocycles. The van der Waals surface area contributed by atoms with Crippen LogP contribution in [-0.2, 0) is 0 Å². The predicted octanol–water partition coefficient (Wildman–Crippen LogP) is 3.67. The lowest BCUT2D eigenvalue weighted by Gasteiger charge is -2.07. The maximum absolute atomic E-state index is 13.5. The largest absolute Gasteiger partial charge is 0.472 e. The molecule has 90 valence electrons. The van der Waals surface area contributed by atoms with Crippen LogP contribution in [0.25, 0.3) is 10.8 Å². The van der Waals surface area contributed by atoms with Gasteiger partial charge in [-0.3, -0.25) is 0 Å². The molecular formula is C11H7ClF3NO. The lowest BCUT2D eigenvalue weighted by molar-refractivity contribution is 0.0792. The van der Waals surface area contributed by atoms with Crippen LogP contribution in [0, 0.1) is 5.95 Å². The second kappa shape index (κ2) is 4.79. The standard InChI is InChI=1S/C11H7ClF3NO/c12-8-3-1-2-6-7(8)4-10(16-11(6)15)17-5-9(13)14/h1-4,9H,5H2. The summed E-state index contributed by atoms with van der Waals surface area (Å²) >= 11 is 5.87. The fourth-order valence-corrected chi connectivity index (χ4v) is 1.63. The van der Waals surface area contributed by atoms with Gasteiger partial charge in [0.05, 0.1) is 0 Å². The number of pyridine rings is 1. The number of aromatic nitrogens is 1. The molecule has 0 fully saturated rings. The highest BCUT2D eigenvalue weighted by Crippen LogP contribution is 2.27. The molecule has 2 aromatic rings. The molecule has 17 heavy (non-hydrogen) atoms. The van der Waals surface area contributed by atoms with E-state index in [1.807, 2.05) is 0 Å². The Morgan fingerprint density at radius 1 is 1.29 bits per heavy atom. The molecule has 2 nitrogen and oxygen atoms in total. The Morgan fingerprint density at radius 2 is 2.06 bits per heavy atom. The van der Waals surface area contributed by atoms with Crippen LogP contribution in [0.15, 0.2) is 24.3 Å². The summed E-state index contributed by atoms with van der Waals surface area (Å²) in [5.41, 5.74) is 0. The second-order valence-corrected chi connectivity index (χ2v) is 3.70.